The Hall–Kier alpha value is -3.62. The zero-order valence-corrected chi connectivity index (χ0v) is 17.2. The first-order valence-electron chi connectivity index (χ1n) is 9.48. The van der Waals surface area contributed by atoms with Gasteiger partial charge in [-0.2, -0.15) is 5.10 Å². The highest BCUT2D eigenvalue weighted by atomic mass is 19.2. The summed E-state index contributed by atoms with van der Waals surface area (Å²) in [5.41, 5.74) is 2.67. The van der Waals surface area contributed by atoms with Gasteiger partial charge in [-0.15, -0.1) is 0 Å². The van der Waals surface area contributed by atoms with Crippen molar-refractivity contribution in [2.75, 3.05) is 7.05 Å². The molecule has 0 fully saturated rings. The Labute approximate surface area is 177 Å². The van der Waals surface area contributed by atoms with E-state index in [9.17, 15) is 22.8 Å². The number of rotatable bonds is 6. The molecule has 1 atom stereocenters. The van der Waals surface area contributed by atoms with Gasteiger partial charge in [0, 0.05) is 18.3 Å². The minimum atomic E-state index is -1.19. The fourth-order valence-corrected chi connectivity index (χ4v) is 3.27. The van der Waals surface area contributed by atoms with Crippen LogP contribution in [0.4, 0.5) is 13.2 Å². The van der Waals surface area contributed by atoms with Gasteiger partial charge in [0.1, 0.15) is 11.9 Å². The van der Waals surface area contributed by atoms with Crippen LogP contribution < -0.4 is 10.6 Å². The topological polar surface area (TPSA) is 76.0 Å². The first-order chi connectivity index (χ1) is 14.7. The summed E-state index contributed by atoms with van der Waals surface area (Å²) in [6.45, 7) is 3.51. The quantitative estimate of drug-likeness (QED) is 0.631. The molecular weight excluding hydrogens is 409 g/mol. The van der Waals surface area contributed by atoms with Gasteiger partial charge in [-0.05, 0) is 55.8 Å². The number of likely N-dealkylation sites (N-methyl/N-ethyl adjacent to an activating group) is 1. The lowest BCUT2D eigenvalue weighted by molar-refractivity contribution is -0.128. The van der Waals surface area contributed by atoms with Crippen LogP contribution in [0.2, 0.25) is 0 Å². The lowest BCUT2D eigenvalue weighted by Gasteiger charge is -2.18. The summed E-state index contributed by atoms with van der Waals surface area (Å²) in [7, 11) is 1.38. The van der Waals surface area contributed by atoms with Crippen molar-refractivity contribution in [1.29, 1.82) is 0 Å². The monoisotopic (exact) mass is 430 g/mol. The molecule has 0 aliphatic carbocycles. The van der Waals surface area contributed by atoms with Crippen LogP contribution in [0.15, 0.2) is 42.5 Å². The molecule has 1 aromatic heterocycles. The Morgan fingerprint density at radius 1 is 1.03 bits per heavy atom. The molecule has 2 N–H and O–H groups in total. The average Bonchev–Trinajstić information content (AvgIpc) is 3.02. The van der Waals surface area contributed by atoms with Crippen molar-refractivity contribution in [2.24, 2.45) is 0 Å². The Kier molecular flexibility index (Phi) is 6.43. The number of carbonyl (C=O) groups excluding carboxylic acids is 2. The molecule has 6 nitrogen and oxygen atoms in total. The van der Waals surface area contributed by atoms with Crippen LogP contribution in [-0.2, 0) is 16.0 Å². The number of carbonyl (C=O) groups is 2. The van der Waals surface area contributed by atoms with Gasteiger partial charge >= 0.3 is 0 Å². The Morgan fingerprint density at radius 2 is 1.71 bits per heavy atom. The molecular formula is C22H21F3N4O2. The highest BCUT2D eigenvalue weighted by Gasteiger charge is 2.24. The fourth-order valence-electron chi connectivity index (χ4n) is 3.27. The highest BCUT2D eigenvalue weighted by molar-refractivity contribution is 5.89. The molecule has 162 valence electrons. The Bertz CT molecular complexity index is 1130. The van der Waals surface area contributed by atoms with E-state index in [2.05, 4.69) is 15.7 Å². The van der Waals surface area contributed by atoms with Gasteiger partial charge < -0.3 is 10.6 Å². The number of nitrogens with zero attached hydrogens (tertiary/aromatic N) is 2. The van der Waals surface area contributed by atoms with Crippen LogP contribution in [0.1, 0.15) is 28.6 Å². The minimum Gasteiger partial charge on any atom is -0.357 e. The molecule has 2 amide bonds. The molecule has 0 aliphatic rings. The number of hydrogen-bond acceptors (Lipinski definition) is 3. The van der Waals surface area contributed by atoms with Crippen molar-refractivity contribution in [2.45, 2.75) is 26.3 Å². The van der Waals surface area contributed by atoms with Gasteiger partial charge in [-0.1, -0.05) is 6.07 Å². The second kappa shape index (κ2) is 9.03. The third-order valence-electron chi connectivity index (χ3n) is 4.94. The summed E-state index contributed by atoms with van der Waals surface area (Å²) in [6.07, 6.45) is -0.0873. The van der Waals surface area contributed by atoms with Crippen molar-refractivity contribution >= 4 is 11.8 Å². The third kappa shape index (κ3) is 4.76. The van der Waals surface area contributed by atoms with Crippen molar-refractivity contribution in [3.05, 3.63) is 82.4 Å². The van der Waals surface area contributed by atoms with E-state index in [1.807, 2.05) is 0 Å². The van der Waals surface area contributed by atoms with Gasteiger partial charge in [0.25, 0.3) is 0 Å². The van der Waals surface area contributed by atoms with E-state index in [1.165, 1.54) is 25.2 Å². The summed E-state index contributed by atoms with van der Waals surface area (Å²) in [6, 6.07) is 7.59. The number of nitrogens with one attached hydrogen (secondary N) is 2. The molecule has 9 heteroatoms. The molecule has 0 saturated carbocycles. The van der Waals surface area contributed by atoms with E-state index in [-0.39, 0.29) is 17.8 Å². The van der Waals surface area contributed by atoms with Crippen LogP contribution in [0.5, 0.6) is 0 Å². The summed E-state index contributed by atoms with van der Waals surface area (Å²) < 4.78 is 41.7. The number of amides is 2. The Morgan fingerprint density at radius 3 is 2.32 bits per heavy atom. The van der Waals surface area contributed by atoms with Crippen LogP contribution in [0.3, 0.4) is 0 Å². The van der Waals surface area contributed by atoms with Crippen molar-refractivity contribution in [3.8, 4) is 5.69 Å². The first kappa shape index (κ1) is 22.1. The van der Waals surface area contributed by atoms with Gasteiger partial charge in [0.2, 0.25) is 11.8 Å². The number of aromatic nitrogens is 2. The molecule has 0 saturated heterocycles. The van der Waals surface area contributed by atoms with Crippen LogP contribution >= 0.6 is 0 Å². The highest BCUT2D eigenvalue weighted by Crippen LogP contribution is 2.21. The van der Waals surface area contributed by atoms with E-state index < -0.39 is 29.5 Å². The van der Waals surface area contributed by atoms with Crippen LogP contribution in [-0.4, -0.2) is 28.6 Å². The number of hydrogen-bond donors (Lipinski definition) is 2. The summed E-state index contributed by atoms with van der Waals surface area (Å²) in [5, 5.41) is 9.38. The molecule has 31 heavy (non-hydrogen) atoms. The molecule has 0 spiro atoms. The Balaban J connectivity index is 1.83. The van der Waals surface area contributed by atoms with Crippen LogP contribution in [0, 0.1) is 31.3 Å². The molecule has 1 unspecified atom stereocenters. The van der Waals surface area contributed by atoms with Gasteiger partial charge in [-0.25, -0.2) is 17.9 Å². The van der Waals surface area contributed by atoms with Crippen molar-refractivity contribution < 1.29 is 22.8 Å². The largest absolute Gasteiger partial charge is 0.357 e. The zero-order chi connectivity index (χ0) is 22.7. The molecule has 0 radical (unpaired) electrons. The molecule has 2 aromatic carbocycles. The molecule has 0 bridgehead atoms. The predicted octanol–water partition coefficient (Wildman–Crippen LogP) is 3.05. The third-order valence-corrected chi connectivity index (χ3v) is 4.94. The van der Waals surface area contributed by atoms with E-state index in [1.54, 1.807) is 30.7 Å². The maximum absolute atomic E-state index is 13.6. The predicted molar refractivity (Wildman–Crippen MR) is 108 cm³/mol. The molecule has 0 aliphatic heterocycles. The molecule has 3 rings (SSSR count). The maximum atomic E-state index is 13.6. The van der Waals surface area contributed by atoms with Gasteiger partial charge in [0.05, 0.1) is 17.8 Å². The van der Waals surface area contributed by atoms with Gasteiger partial charge in [0.15, 0.2) is 11.6 Å². The second-order valence-corrected chi connectivity index (χ2v) is 7.00. The fraction of sp³-hybridized carbons (Fsp3) is 0.227. The first-order valence-corrected chi connectivity index (χ1v) is 9.48. The standard InChI is InChI=1S/C22H21F3N4O2/c1-12-17(13(2)29(28-12)16-7-5-15(23)6-8-16)11-20(30)27-21(22(31)26-3)14-4-9-18(24)19(25)10-14/h4-10,21H,11H2,1-3H3,(H,26,31)(H,27,30). The number of benzene rings is 2. The normalized spacial score (nSPS) is 11.8. The van der Waals surface area contributed by atoms with Crippen molar-refractivity contribution in [1.82, 2.24) is 20.4 Å². The molecule has 1 heterocycles. The van der Waals surface area contributed by atoms with Crippen molar-refractivity contribution in [3.63, 3.8) is 0 Å². The summed E-state index contributed by atoms with van der Waals surface area (Å²) in [4.78, 5) is 25.0. The van der Waals surface area contributed by atoms with E-state index in [0.717, 1.165) is 12.1 Å². The lowest BCUT2D eigenvalue weighted by atomic mass is 10.0. The second-order valence-electron chi connectivity index (χ2n) is 7.00. The SMILES string of the molecule is CNC(=O)C(NC(=O)Cc1c(C)nn(-c2ccc(F)cc2)c1C)c1ccc(F)c(F)c1. The zero-order valence-electron chi connectivity index (χ0n) is 17.2. The number of aryl methyl sites for hydroxylation is 1. The maximum Gasteiger partial charge on any atom is 0.246 e. The minimum absolute atomic E-state index is 0.0873. The summed E-state index contributed by atoms with van der Waals surface area (Å²) in [5.74, 6) is -3.61. The van der Waals surface area contributed by atoms with Crippen LogP contribution in [0.25, 0.3) is 5.69 Å². The number of halogens is 3. The van der Waals surface area contributed by atoms with E-state index >= 15 is 0 Å². The summed E-state index contributed by atoms with van der Waals surface area (Å²) >= 11 is 0. The average molecular weight is 430 g/mol. The van der Waals surface area contributed by atoms with E-state index in [4.69, 9.17) is 0 Å². The molecule has 3 aromatic rings. The smallest absolute Gasteiger partial charge is 0.246 e. The van der Waals surface area contributed by atoms with E-state index in [0.29, 0.717) is 22.6 Å². The van der Waals surface area contributed by atoms with Gasteiger partial charge in [-0.3, -0.25) is 9.59 Å². The lowest BCUT2D eigenvalue weighted by Crippen LogP contribution is -2.39.